The van der Waals surface area contributed by atoms with Crippen LogP contribution in [0.25, 0.3) is 0 Å². The maximum atomic E-state index is 12.6. The van der Waals surface area contributed by atoms with Crippen molar-refractivity contribution in [2.75, 3.05) is 5.75 Å². The first-order valence-corrected chi connectivity index (χ1v) is 11.8. The van der Waals surface area contributed by atoms with Crippen LogP contribution in [0, 0.1) is 0 Å². The Balaban J connectivity index is 1.61. The van der Waals surface area contributed by atoms with E-state index in [2.05, 4.69) is 15.5 Å². The van der Waals surface area contributed by atoms with Crippen LogP contribution < -0.4 is 5.32 Å². The minimum atomic E-state index is -3.51. The molecule has 0 atom stereocenters. The van der Waals surface area contributed by atoms with Gasteiger partial charge in [-0.3, -0.25) is 4.79 Å². The predicted octanol–water partition coefficient (Wildman–Crippen LogP) is 2.68. The minimum Gasteiger partial charge on any atom is -0.351 e. The number of rotatable bonds is 9. The highest BCUT2D eigenvalue weighted by atomic mass is 32.2. The molecule has 1 heterocycles. The van der Waals surface area contributed by atoms with Crippen molar-refractivity contribution in [2.24, 2.45) is 0 Å². The van der Waals surface area contributed by atoms with Crippen LogP contribution >= 0.6 is 11.8 Å². The fourth-order valence-corrected chi connectivity index (χ4v) is 4.85. The van der Waals surface area contributed by atoms with Gasteiger partial charge in [-0.25, -0.2) is 8.42 Å². The van der Waals surface area contributed by atoms with E-state index in [1.807, 2.05) is 37.3 Å². The number of amides is 1. The van der Waals surface area contributed by atoms with Gasteiger partial charge in [0.1, 0.15) is 11.6 Å². The molecule has 0 bridgehead atoms. The van der Waals surface area contributed by atoms with Gasteiger partial charge in [0.25, 0.3) is 0 Å². The Morgan fingerprint density at radius 3 is 2.34 bits per heavy atom. The molecule has 0 saturated heterocycles. The van der Waals surface area contributed by atoms with Gasteiger partial charge in [-0.05, 0) is 24.6 Å². The lowest BCUT2D eigenvalue weighted by molar-refractivity contribution is -0.118. The molecular weight excluding hydrogens is 408 g/mol. The van der Waals surface area contributed by atoms with Crippen molar-refractivity contribution in [3.63, 3.8) is 0 Å². The number of aromatic nitrogens is 3. The first kappa shape index (κ1) is 21.1. The Bertz CT molecular complexity index is 1050. The molecule has 0 saturated carbocycles. The average Bonchev–Trinajstić information content (AvgIpc) is 3.12. The summed E-state index contributed by atoms with van der Waals surface area (Å²) in [6.07, 6.45) is 0. The lowest BCUT2D eigenvalue weighted by Gasteiger charge is -2.08. The first-order chi connectivity index (χ1) is 14.0. The number of nitrogens with zero attached hydrogens (tertiary/aromatic N) is 3. The predicted molar refractivity (Wildman–Crippen MR) is 112 cm³/mol. The number of hydrogen-bond donors (Lipinski definition) is 1. The molecule has 0 unspecified atom stereocenters. The van der Waals surface area contributed by atoms with E-state index in [1.165, 1.54) is 11.8 Å². The van der Waals surface area contributed by atoms with E-state index in [0.29, 0.717) is 24.1 Å². The molecule has 0 aliphatic rings. The molecule has 0 fully saturated rings. The van der Waals surface area contributed by atoms with E-state index in [-0.39, 0.29) is 22.3 Å². The fraction of sp³-hybridized carbons (Fsp3) is 0.250. The SMILES string of the molecule is CCn1c(CS(=O)(=O)c2ccccc2)nnc1SCC(=O)NCc1ccccc1. The average molecular weight is 431 g/mol. The molecular formula is C20H22N4O3S2. The standard InChI is InChI=1S/C20H22N4O3S2/c1-2-24-18(15-29(26,27)17-11-7-4-8-12-17)22-23-20(24)28-14-19(25)21-13-16-9-5-3-6-10-16/h3-12H,2,13-15H2,1H3,(H,21,25). The summed E-state index contributed by atoms with van der Waals surface area (Å²) in [6, 6.07) is 17.9. The van der Waals surface area contributed by atoms with E-state index in [1.54, 1.807) is 34.9 Å². The summed E-state index contributed by atoms with van der Waals surface area (Å²) in [7, 11) is -3.51. The van der Waals surface area contributed by atoms with Gasteiger partial charge in [-0.1, -0.05) is 60.3 Å². The molecule has 7 nitrogen and oxygen atoms in total. The van der Waals surface area contributed by atoms with Gasteiger partial charge in [0.15, 0.2) is 15.0 Å². The molecule has 0 radical (unpaired) electrons. The summed E-state index contributed by atoms with van der Waals surface area (Å²) in [5.74, 6) is 0.182. The molecule has 1 aromatic heterocycles. The Hall–Kier alpha value is -2.65. The molecule has 3 rings (SSSR count). The summed E-state index contributed by atoms with van der Waals surface area (Å²) in [5, 5.41) is 11.5. The second kappa shape index (κ2) is 9.71. The zero-order valence-electron chi connectivity index (χ0n) is 16.0. The Labute approximate surface area is 174 Å². The fourth-order valence-electron chi connectivity index (χ4n) is 2.71. The highest BCUT2D eigenvalue weighted by molar-refractivity contribution is 7.99. The summed E-state index contributed by atoms with van der Waals surface area (Å²) >= 11 is 1.24. The van der Waals surface area contributed by atoms with E-state index in [9.17, 15) is 13.2 Å². The normalized spacial score (nSPS) is 11.3. The first-order valence-electron chi connectivity index (χ1n) is 9.13. The Kier molecular flexibility index (Phi) is 7.05. The minimum absolute atomic E-state index is 0.122. The Morgan fingerprint density at radius 1 is 1.03 bits per heavy atom. The van der Waals surface area contributed by atoms with Crippen LogP contribution in [-0.4, -0.2) is 34.8 Å². The Morgan fingerprint density at radius 2 is 1.69 bits per heavy atom. The van der Waals surface area contributed by atoms with Gasteiger partial charge in [-0.2, -0.15) is 0 Å². The van der Waals surface area contributed by atoms with Crippen molar-refractivity contribution in [3.8, 4) is 0 Å². The number of sulfone groups is 1. The summed E-state index contributed by atoms with van der Waals surface area (Å²) in [4.78, 5) is 12.4. The third-order valence-corrected chi connectivity index (χ3v) is 6.79. The summed E-state index contributed by atoms with van der Waals surface area (Å²) < 4.78 is 27.0. The number of carbonyl (C=O) groups is 1. The van der Waals surface area contributed by atoms with Crippen molar-refractivity contribution in [3.05, 3.63) is 72.1 Å². The summed E-state index contributed by atoms with van der Waals surface area (Å²) in [5.41, 5.74) is 1.02. The van der Waals surface area contributed by atoms with Gasteiger partial charge in [-0.15, -0.1) is 10.2 Å². The topological polar surface area (TPSA) is 93.9 Å². The molecule has 1 amide bonds. The van der Waals surface area contributed by atoms with Crippen LogP contribution in [0.15, 0.2) is 70.7 Å². The largest absolute Gasteiger partial charge is 0.351 e. The quantitative estimate of drug-likeness (QED) is 0.525. The molecule has 29 heavy (non-hydrogen) atoms. The number of hydrogen-bond acceptors (Lipinski definition) is 6. The van der Waals surface area contributed by atoms with Crippen LogP contribution in [-0.2, 0) is 33.5 Å². The molecule has 152 valence electrons. The zero-order chi connectivity index (χ0) is 20.7. The molecule has 3 aromatic rings. The molecule has 1 N–H and O–H groups in total. The molecule has 0 aliphatic carbocycles. The van der Waals surface area contributed by atoms with Gasteiger partial charge >= 0.3 is 0 Å². The van der Waals surface area contributed by atoms with E-state index in [0.717, 1.165) is 5.56 Å². The van der Waals surface area contributed by atoms with Crippen molar-refractivity contribution in [1.82, 2.24) is 20.1 Å². The summed E-state index contributed by atoms with van der Waals surface area (Å²) in [6.45, 7) is 2.86. The van der Waals surface area contributed by atoms with Crippen molar-refractivity contribution in [2.45, 2.75) is 35.8 Å². The maximum absolute atomic E-state index is 12.6. The van der Waals surface area contributed by atoms with Crippen LogP contribution in [0.1, 0.15) is 18.3 Å². The third kappa shape index (κ3) is 5.68. The third-order valence-electron chi connectivity index (χ3n) is 4.20. The van der Waals surface area contributed by atoms with Gasteiger partial charge in [0, 0.05) is 13.1 Å². The smallest absolute Gasteiger partial charge is 0.230 e. The van der Waals surface area contributed by atoms with E-state index < -0.39 is 9.84 Å². The van der Waals surface area contributed by atoms with Crippen LogP contribution in [0.4, 0.5) is 0 Å². The highest BCUT2D eigenvalue weighted by Gasteiger charge is 2.21. The number of thioether (sulfide) groups is 1. The van der Waals surface area contributed by atoms with Crippen LogP contribution in [0.5, 0.6) is 0 Å². The lowest BCUT2D eigenvalue weighted by Crippen LogP contribution is -2.24. The van der Waals surface area contributed by atoms with E-state index >= 15 is 0 Å². The monoisotopic (exact) mass is 430 g/mol. The molecule has 9 heteroatoms. The molecule has 2 aromatic carbocycles. The molecule has 0 aliphatic heterocycles. The number of nitrogens with one attached hydrogen (secondary N) is 1. The van der Waals surface area contributed by atoms with Gasteiger partial charge in [0.05, 0.1) is 10.6 Å². The van der Waals surface area contributed by atoms with Gasteiger partial charge < -0.3 is 9.88 Å². The highest BCUT2D eigenvalue weighted by Crippen LogP contribution is 2.20. The zero-order valence-corrected chi connectivity index (χ0v) is 17.6. The van der Waals surface area contributed by atoms with Crippen molar-refractivity contribution < 1.29 is 13.2 Å². The number of benzene rings is 2. The maximum Gasteiger partial charge on any atom is 0.230 e. The second-order valence-corrected chi connectivity index (χ2v) is 9.20. The molecule has 0 spiro atoms. The van der Waals surface area contributed by atoms with Crippen molar-refractivity contribution in [1.29, 1.82) is 0 Å². The van der Waals surface area contributed by atoms with Gasteiger partial charge in [0.2, 0.25) is 5.91 Å². The number of carbonyl (C=O) groups excluding carboxylic acids is 1. The van der Waals surface area contributed by atoms with Crippen molar-refractivity contribution >= 4 is 27.5 Å². The van der Waals surface area contributed by atoms with E-state index in [4.69, 9.17) is 0 Å². The second-order valence-electron chi connectivity index (χ2n) is 6.27. The van der Waals surface area contributed by atoms with Crippen LogP contribution in [0.2, 0.25) is 0 Å². The lowest BCUT2D eigenvalue weighted by atomic mass is 10.2. The van der Waals surface area contributed by atoms with Crippen LogP contribution in [0.3, 0.4) is 0 Å².